The van der Waals surface area contributed by atoms with Gasteiger partial charge >= 0.3 is 0 Å². The van der Waals surface area contributed by atoms with Crippen LogP contribution in [0.5, 0.6) is 0 Å². The second kappa shape index (κ2) is 10.3. The first-order valence-corrected chi connectivity index (χ1v) is 12.2. The lowest BCUT2D eigenvalue weighted by molar-refractivity contribution is -0.142. The van der Waals surface area contributed by atoms with E-state index in [2.05, 4.69) is 44.9 Å². The first-order chi connectivity index (χ1) is 17.5. The van der Waals surface area contributed by atoms with Crippen LogP contribution in [0.4, 0.5) is 11.8 Å². The minimum atomic E-state index is -1.25. The fraction of sp³-hybridized carbons (Fsp3) is 0.636. The molecule has 5 rings (SSSR count). The SMILES string of the molecule is CCC(CC)Nc1nc(N[C@@H]2CCNC2)nc2c1ncn2[C@@H]1O[C@H](c2nc(C)no2)[C@@H](O)[C@H]1OC=O. The molecule has 14 heteroatoms. The number of anilines is 2. The van der Waals surface area contributed by atoms with Crippen LogP contribution in [0, 0.1) is 6.92 Å². The third-order valence-electron chi connectivity index (χ3n) is 6.63. The topological polar surface area (TPSA) is 174 Å². The molecule has 0 radical (unpaired) electrons. The molecular formula is C22H31N9O5. The molecule has 194 valence electrons. The Bertz CT molecular complexity index is 1190. The van der Waals surface area contributed by atoms with Gasteiger partial charge in [0.2, 0.25) is 5.95 Å². The van der Waals surface area contributed by atoms with Crippen molar-refractivity contribution in [3.63, 3.8) is 0 Å². The average molecular weight is 502 g/mol. The summed E-state index contributed by atoms with van der Waals surface area (Å²) in [5.41, 5.74) is 1.00. The Morgan fingerprint density at radius 1 is 1.33 bits per heavy atom. The summed E-state index contributed by atoms with van der Waals surface area (Å²) < 4.78 is 18.2. The van der Waals surface area contributed by atoms with Gasteiger partial charge in [0.15, 0.2) is 41.2 Å². The summed E-state index contributed by atoms with van der Waals surface area (Å²) >= 11 is 0. The highest BCUT2D eigenvalue weighted by Gasteiger charge is 2.50. The number of aryl methyl sites for hydroxylation is 1. The molecule has 2 aliphatic heterocycles. The zero-order chi connectivity index (χ0) is 25.2. The Labute approximate surface area is 207 Å². The van der Waals surface area contributed by atoms with E-state index in [9.17, 15) is 9.90 Å². The lowest BCUT2D eigenvalue weighted by Crippen LogP contribution is -2.32. The van der Waals surface area contributed by atoms with Gasteiger partial charge in [-0.1, -0.05) is 19.0 Å². The van der Waals surface area contributed by atoms with E-state index in [1.807, 2.05) is 0 Å². The summed E-state index contributed by atoms with van der Waals surface area (Å²) in [6.45, 7) is 7.89. The number of aliphatic hydroxyl groups excluding tert-OH is 1. The van der Waals surface area contributed by atoms with Gasteiger partial charge in [0.1, 0.15) is 6.10 Å². The van der Waals surface area contributed by atoms with Gasteiger partial charge in [-0.2, -0.15) is 15.0 Å². The number of imidazole rings is 1. The van der Waals surface area contributed by atoms with Crippen molar-refractivity contribution >= 4 is 29.4 Å². The lowest BCUT2D eigenvalue weighted by Gasteiger charge is -2.21. The molecule has 0 saturated carbocycles. The summed E-state index contributed by atoms with van der Waals surface area (Å²) in [6.07, 6.45) is 0.0790. The van der Waals surface area contributed by atoms with Crippen molar-refractivity contribution in [1.29, 1.82) is 0 Å². The number of aromatic nitrogens is 6. The molecule has 3 aromatic rings. The van der Waals surface area contributed by atoms with E-state index in [1.165, 1.54) is 0 Å². The van der Waals surface area contributed by atoms with Crippen molar-refractivity contribution in [2.75, 3.05) is 23.7 Å². The highest BCUT2D eigenvalue weighted by molar-refractivity contribution is 5.84. The largest absolute Gasteiger partial charge is 0.457 e. The Balaban J connectivity index is 1.55. The Hall–Kier alpha value is -3.36. The first kappa shape index (κ1) is 24.3. The maximum atomic E-state index is 11.3. The third kappa shape index (κ3) is 4.58. The zero-order valence-corrected chi connectivity index (χ0v) is 20.4. The molecule has 2 saturated heterocycles. The van der Waals surface area contributed by atoms with E-state index >= 15 is 0 Å². The lowest BCUT2D eigenvalue weighted by atomic mass is 10.1. The molecule has 14 nitrogen and oxygen atoms in total. The number of hydrogen-bond acceptors (Lipinski definition) is 13. The number of nitrogens with one attached hydrogen (secondary N) is 3. The molecule has 5 atom stereocenters. The van der Waals surface area contributed by atoms with Crippen LogP contribution in [-0.4, -0.2) is 78.6 Å². The van der Waals surface area contributed by atoms with Gasteiger partial charge in [-0.25, -0.2) is 4.98 Å². The van der Waals surface area contributed by atoms with Crippen molar-refractivity contribution in [2.45, 2.75) is 76.7 Å². The van der Waals surface area contributed by atoms with Crippen LogP contribution < -0.4 is 16.0 Å². The van der Waals surface area contributed by atoms with Gasteiger partial charge in [-0.05, 0) is 32.7 Å². The summed E-state index contributed by atoms with van der Waals surface area (Å²) in [7, 11) is 0. The summed E-state index contributed by atoms with van der Waals surface area (Å²) in [4.78, 5) is 29.5. The molecule has 2 aliphatic rings. The predicted octanol–water partition coefficient (Wildman–Crippen LogP) is 1.06. The Morgan fingerprint density at radius 3 is 2.83 bits per heavy atom. The van der Waals surface area contributed by atoms with Crippen LogP contribution in [0.25, 0.3) is 11.2 Å². The second-order valence-corrected chi connectivity index (χ2v) is 9.03. The van der Waals surface area contributed by atoms with Crippen LogP contribution in [0.15, 0.2) is 10.9 Å². The van der Waals surface area contributed by atoms with Gasteiger partial charge in [0.25, 0.3) is 12.4 Å². The van der Waals surface area contributed by atoms with E-state index in [0.717, 1.165) is 32.4 Å². The number of hydrogen-bond donors (Lipinski definition) is 4. The van der Waals surface area contributed by atoms with Crippen LogP contribution in [0.1, 0.15) is 57.2 Å². The number of rotatable bonds is 10. The molecule has 0 bridgehead atoms. The van der Waals surface area contributed by atoms with E-state index in [0.29, 0.717) is 28.8 Å². The van der Waals surface area contributed by atoms with Gasteiger partial charge in [0, 0.05) is 18.6 Å². The molecule has 4 N–H and O–H groups in total. The van der Waals surface area contributed by atoms with Crippen molar-refractivity contribution < 1.29 is 23.9 Å². The van der Waals surface area contributed by atoms with Crippen LogP contribution >= 0.6 is 0 Å². The molecule has 0 amide bonds. The van der Waals surface area contributed by atoms with Gasteiger partial charge in [-0.15, -0.1) is 0 Å². The fourth-order valence-corrected chi connectivity index (χ4v) is 4.63. The maximum absolute atomic E-state index is 11.3. The number of ether oxygens (including phenoxy) is 2. The van der Waals surface area contributed by atoms with E-state index < -0.39 is 24.5 Å². The number of aliphatic hydroxyl groups is 1. The van der Waals surface area contributed by atoms with E-state index in [-0.39, 0.29) is 24.4 Å². The fourth-order valence-electron chi connectivity index (χ4n) is 4.63. The zero-order valence-electron chi connectivity index (χ0n) is 20.4. The highest BCUT2D eigenvalue weighted by Crippen LogP contribution is 2.41. The Kier molecular flexibility index (Phi) is 6.98. The molecule has 0 unspecified atom stereocenters. The molecule has 3 aromatic heterocycles. The molecule has 36 heavy (non-hydrogen) atoms. The van der Waals surface area contributed by atoms with Crippen molar-refractivity contribution in [3.8, 4) is 0 Å². The molecule has 0 aromatic carbocycles. The molecule has 5 heterocycles. The summed E-state index contributed by atoms with van der Waals surface area (Å²) in [5.74, 6) is 1.53. The molecule has 0 aliphatic carbocycles. The normalized spacial score (nSPS) is 26.1. The standard InChI is InChI=1S/C22H31N9O5/c1-4-12(5-2)26-18-14-19(29-22(28-18)27-13-6-7-23-8-13)31(9-24-14)21-17(34-10-32)15(33)16(35-21)20-25-11(3)30-36-20/h9-10,12-13,15-17,21,23,33H,4-8H2,1-3H3,(H2,26,27,28,29)/t13-,15-,16+,17-,21-/m1/s1. The van der Waals surface area contributed by atoms with Crippen molar-refractivity contribution in [1.82, 2.24) is 35.0 Å². The van der Waals surface area contributed by atoms with E-state index in [1.54, 1.807) is 17.8 Å². The van der Waals surface area contributed by atoms with E-state index in [4.69, 9.17) is 24.0 Å². The maximum Gasteiger partial charge on any atom is 0.293 e. The average Bonchev–Trinajstić information content (AvgIpc) is 3.67. The minimum absolute atomic E-state index is 0.0909. The predicted molar refractivity (Wildman–Crippen MR) is 127 cm³/mol. The summed E-state index contributed by atoms with van der Waals surface area (Å²) in [6, 6.07) is 0.399. The number of fused-ring (bicyclic) bond motifs is 1. The molecule has 0 spiro atoms. The van der Waals surface area contributed by atoms with Crippen molar-refractivity contribution in [3.05, 3.63) is 18.0 Å². The Morgan fingerprint density at radius 2 is 2.17 bits per heavy atom. The number of carbonyl (C=O) groups excluding carboxylic acids is 1. The first-order valence-electron chi connectivity index (χ1n) is 12.2. The summed E-state index contributed by atoms with van der Waals surface area (Å²) in [5, 5.41) is 24.9. The number of nitrogens with zero attached hydrogens (tertiary/aromatic N) is 6. The number of carbonyl (C=O) groups is 1. The second-order valence-electron chi connectivity index (χ2n) is 9.03. The smallest absolute Gasteiger partial charge is 0.293 e. The van der Waals surface area contributed by atoms with Crippen LogP contribution in [0.3, 0.4) is 0 Å². The molecular weight excluding hydrogens is 470 g/mol. The van der Waals surface area contributed by atoms with Gasteiger partial charge in [-0.3, -0.25) is 9.36 Å². The minimum Gasteiger partial charge on any atom is -0.457 e. The highest BCUT2D eigenvalue weighted by atomic mass is 16.6. The third-order valence-corrected chi connectivity index (χ3v) is 6.63. The van der Waals surface area contributed by atoms with Gasteiger partial charge in [0.05, 0.1) is 6.33 Å². The molecule has 2 fully saturated rings. The van der Waals surface area contributed by atoms with Crippen LogP contribution in [0.2, 0.25) is 0 Å². The monoisotopic (exact) mass is 501 g/mol. The van der Waals surface area contributed by atoms with Crippen LogP contribution in [-0.2, 0) is 14.3 Å². The van der Waals surface area contributed by atoms with Crippen molar-refractivity contribution in [2.24, 2.45) is 0 Å². The quantitative estimate of drug-likeness (QED) is 0.291. The van der Waals surface area contributed by atoms with Gasteiger partial charge < -0.3 is 35.1 Å².